The van der Waals surface area contributed by atoms with E-state index in [9.17, 15) is 23.1 Å². The van der Waals surface area contributed by atoms with Crippen molar-refractivity contribution in [2.24, 2.45) is 5.92 Å². The number of rotatable bonds is 7. The number of carbonyl (C=O) groups excluding carboxylic acids is 1. The lowest BCUT2D eigenvalue weighted by Gasteiger charge is -2.31. The van der Waals surface area contributed by atoms with Gasteiger partial charge in [0.05, 0.1) is 5.56 Å². The number of nitrogens with one attached hydrogen (secondary N) is 2. The van der Waals surface area contributed by atoms with Crippen LogP contribution >= 0.6 is 0 Å². The molecule has 0 spiro atoms. The predicted molar refractivity (Wildman–Crippen MR) is 127 cm³/mol. The monoisotopic (exact) mass is 485 g/mol. The molecule has 3 N–H and O–H groups in total. The fourth-order valence-corrected chi connectivity index (χ4v) is 3.96. The molecule has 0 radical (unpaired) electrons. The summed E-state index contributed by atoms with van der Waals surface area (Å²) in [4.78, 5) is 14.6. The molecule has 184 valence electrons. The second kappa shape index (κ2) is 10.6. The molecule has 35 heavy (non-hydrogen) atoms. The van der Waals surface area contributed by atoms with Crippen LogP contribution in [0.1, 0.15) is 24.0 Å². The van der Waals surface area contributed by atoms with Gasteiger partial charge in [-0.05, 0) is 73.4 Å². The minimum Gasteiger partial charge on any atom is -0.508 e. The maximum atomic E-state index is 12.7. The number of hydrogen-bond donors (Lipinski definition) is 3. The van der Waals surface area contributed by atoms with Crippen molar-refractivity contribution in [2.45, 2.75) is 25.4 Å². The van der Waals surface area contributed by atoms with E-state index >= 15 is 0 Å². The van der Waals surface area contributed by atoms with E-state index in [1.807, 2.05) is 12.1 Å². The molecule has 0 aliphatic carbocycles. The van der Waals surface area contributed by atoms with Gasteiger partial charge in [-0.15, -0.1) is 10.2 Å². The van der Waals surface area contributed by atoms with Crippen molar-refractivity contribution < 1.29 is 23.1 Å². The van der Waals surface area contributed by atoms with Gasteiger partial charge in [-0.3, -0.25) is 4.79 Å². The highest BCUT2D eigenvalue weighted by atomic mass is 19.4. The first-order valence-corrected chi connectivity index (χ1v) is 11.4. The van der Waals surface area contributed by atoms with Gasteiger partial charge in [0.15, 0.2) is 11.6 Å². The Morgan fingerprint density at radius 1 is 0.971 bits per heavy atom. The van der Waals surface area contributed by atoms with Crippen molar-refractivity contribution in [3.63, 3.8) is 0 Å². The van der Waals surface area contributed by atoms with Gasteiger partial charge < -0.3 is 20.6 Å². The van der Waals surface area contributed by atoms with Gasteiger partial charge in [-0.2, -0.15) is 13.2 Å². The molecule has 1 aliphatic rings. The molecule has 1 aromatic heterocycles. The summed E-state index contributed by atoms with van der Waals surface area (Å²) >= 11 is 0. The van der Waals surface area contributed by atoms with Gasteiger partial charge in [0, 0.05) is 31.2 Å². The van der Waals surface area contributed by atoms with Crippen molar-refractivity contribution in [3.05, 3.63) is 71.8 Å². The average Bonchev–Trinajstić information content (AvgIpc) is 2.85. The SMILES string of the molecule is O=C(NCCc1ccc(O)cc1)C1CCN(c2ccc(Nc3ccc(C(F)(F)F)cc3)nn2)CC1. The zero-order chi connectivity index (χ0) is 24.8. The Morgan fingerprint density at radius 2 is 1.66 bits per heavy atom. The summed E-state index contributed by atoms with van der Waals surface area (Å²) in [5.74, 6) is 1.33. The summed E-state index contributed by atoms with van der Waals surface area (Å²) in [5.41, 5.74) is 0.823. The van der Waals surface area contributed by atoms with Crippen LogP contribution in [0.25, 0.3) is 0 Å². The number of nitrogens with zero attached hydrogens (tertiary/aromatic N) is 3. The van der Waals surface area contributed by atoms with Gasteiger partial charge in [-0.25, -0.2) is 0 Å². The van der Waals surface area contributed by atoms with Crippen LogP contribution in [-0.4, -0.2) is 40.8 Å². The normalized spacial score (nSPS) is 14.5. The molecule has 7 nitrogen and oxygen atoms in total. The summed E-state index contributed by atoms with van der Waals surface area (Å²) in [7, 11) is 0. The molecule has 1 saturated heterocycles. The average molecular weight is 486 g/mol. The second-order valence-electron chi connectivity index (χ2n) is 8.45. The smallest absolute Gasteiger partial charge is 0.416 e. The van der Waals surface area contributed by atoms with Gasteiger partial charge in [0.25, 0.3) is 0 Å². The fourth-order valence-electron chi connectivity index (χ4n) is 3.96. The van der Waals surface area contributed by atoms with Crippen molar-refractivity contribution in [3.8, 4) is 5.75 Å². The molecule has 10 heteroatoms. The first kappa shape index (κ1) is 24.3. The second-order valence-corrected chi connectivity index (χ2v) is 8.45. The number of alkyl halides is 3. The number of aromatic hydroxyl groups is 1. The highest BCUT2D eigenvalue weighted by Crippen LogP contribution is 2.30. The van der Waals surface area contributed by atoms with E-state index in [-0.39, 0.29) is 17.6 Å². The third-order valence-corrected chi connectivity index (χ3v) is 5.97. The summed E-state index contributed by atoms with van der Waals surface area (Å²) in [5, 5.41) is 23.6. The topological polar surface area (TPSA) is 90.4 Å². The van der Waals surface area contributed by atoms with Crippen LogP contribution in [0.4, 0.5) is 30.5 Å². The number of hydrogen-bond acceptors (Lipinski definition) is 6. The van der Waals surface area contributed by atoms with Crippen LogP contribution in [0, 0.1) is 5.92 Å². The van der Waals surface area contributed by atoms with E-state index in [1.54, 1.807) is 24.3 Å². The van der Waals surface area contributed by atoms with Gasteiger partial charge in [0.2, 0.25) is 5.91 Å². The van der Waals surface area contributed by atoms with E-state index in [0.717, 1.165) is 17.7 Å². The Labute approximate surface area is 201 Å². The third kappa shape index (κ3) is 6.62. The summed E-state index contributed by atoms with van der Waals surface area (Å²) in [6.45, 7) is 1.90. The van der Waals surface area contributed by atoms with Crippen molar-refractivity contribution in [2.75, 3.05) is 29.9 Å². The number of aromatic nitrogens is 2. The minimum absolute atomic E-state index is 0.0469. The minimum atomic E-state index is -4.37. The lowest BCUT2D eigenvalue weighted by molar-refractivity contribution is -0.137. The van der Waals surface area contributed by atoms with E-state index in [2.05, 4.69) is 25.7 Å². The van der Waals surface area contributed by atoms with Crippen molar-refractivity contribution in [1.29, 1.82) is 0 Å². The number of phenolic OH excluding ortho intramolecular Hbond substituents is 1. The quantitative estimate of drug-likeness (QED) is 0.456. The highest BCUT2D eigenvalue weighted by Gasteiger charge is 2.30. The van der Waals surface area contributed by atoms with Crippen LogP contribution in [0.5, 0.6) is 5.75 Å². The number of benzene rings is 2. The third-order valence-electron chi connectivity index (χ3n) is 5.97. The van der Waals surface area contributed by atoms with Crippen molar-refractivity contribution >= 4 is 23.2 Å². The standard InChI is InChI=1S/C25H26F3N5O2/c26-25(27,28)19-3-5-20(6-4-19)30-22-9-10-23(32-31-22)33-15-12-18(13-16-33)24(35)29-14-11-17-1-7-21(34)8-2-17/h1-10,18,34H,11-16H2,(H,29,35)(H,30,31). The van der Waals surface area contributed by atoms with E-state index in [0.29, 0.717) is 56.2 Å². The van der Waals surface area contributed by atoms with Crippen LogP contribution in [-0.2, 0) is 17.4 Å². The molecular weight excluding hydrogens is 459 g/mol. The first-order chi connectivity index (χ1) is 16.8. The van der Waals surface area contributed by atoms with Gasteiger partial charge >= 0.3 is 6.18 Å². The van der Waals surface area contributed by atoms with E-state index in [1.165, 1.54) is 12.1 Å². The first-order valence-electron chi connectivity index (χ1n) is 11.4. The molecular formula is C25H26F3N5O2. The maximum Gasteiger partial charge on any atom is 0.416 e. The molecule has 0 atom stereocenters. The number of halogens is 3. The molecule has 1 fully saturated rings. The fraction of sp³-hybridized carbons (Fsp3) is 0.320. The molecule has 0 unspecified atom stereocenters. The Morgan fingerprint density at radius 3 is 2.26 bits per heavy atom. The van der Waals surface area contributed by atoms with E-state index in [4.69, 9.17) is 0 Å². The number of phenols is 1. The maximum absolute atomic E-state index is 12.7. The Bertz CT molecular complexity index is 1110. The lowest BCUT2D eigenvalue weighted by Crippen LogP contribution is -2.41. The lowest BCUT2D eigenvalue weighted by atomic mass is 9.96. The van der Waals surface area contributed by atoms with Gasteiger partial charge in [0.1, 0.15) is 5.75 Å². The summed E-state index contributed by atoms with van der Waals surface area (Å²) < 4.78 is 38.1. The van der Waals surface area contributed by atoms with Crippen LogP contribution in [0.3, 0.4) is 0 Å². The summed E-state index contributed by atoms with van der Waals surface area (Å²) in [6.07, 6.45) is -2.26. The largest absolute Gasteiger partial charge is 0.508 e. The number of piperidine rings is 1. The molecule has 0 bridgehead atoms. The zero-order valence-electron chi connectivity index (χ0n) is 18.9. The van der Waals surface area contributed by atoms with Crippen LogP contribution in [0.15, 0.2) is 60.7 Å². The number of carbonyl (C=O) groups is 1. The van der Waals surface area contributed by atoms with Crippen LogP contribution < -0.4 is 15.5 Å². The number of anilines is 3. The molecule has 0 saturated carbocycles. The Kier molecular flexibility index (Phi) is 7.38. The van der Waals surface area contributed by atoms with Crippen molar-refractivity contribution in [1.82, 2.24) is 15.5 Å². The van der Waals surface area contributed by atoms with Crippen LogP contribution in [0.2, 0.25) is 0 Å². The van der Waals surface area contributed by atoms with Gasteiger partial charge in [-0.1, -0.05) is 12.1 Å². The predicted octanol–water partition coefficient (Wildman–Crippen LogP) is 4.52. The zero-order valence-corrected chi connectivity index (χ0v) is 18.9. The molecule has 2 heterocycles. The summed E-state index contributed by atoms with van der Waals surface area (Å²) in [6, 6.07) is 15.2. The highest BCUT2D eigenvalue weighted by molar-refractivity contribution is 5.79. The van der Waals surface area contributed by atoms with E-state index < -0.39 is 11.7 Å². The molecule has 1 amide bonds. The Balaban J connectivity index is 1.22. The molecule has 1 aliphatic heterocycles. The molecule has 2 aromatic carbocycles. The molecule has 3 aromatic rings. The molecule has 4 rings (SSSR count). The Hall–Kier alpha value is -3.82. The number of amides is 1.